The molecule has 0 saturated carbocycles. The van der Waals surface area contributed by atoms with Gasteiger partial charge in [-0.15, -0.1) is 11.3 Å². The van der Waals surface area contributed by atoms with E-state index in [1.807, 2.05) is 6.07 Å². The van der Waals surface area contributed by atoms with E-state index in [9.17, 15) is 18.0 Å². The number of piperidine rings is 1. The third-order valence-corrected chi connectivity index (χ3v) is 8.55. The van der Waals surface area contributed by atoms with E-state index in [4.69, 9.17) is 4.74 Å². The van der Waals surface area contributed by atoms with Gasteiger partial charge in [0, 0.05) is 22.7 Å². The lowest BCUT2D eigenvalue weighted by molar-refractivity contribution is -0.185. The van der Waals surface area contributed by atoms with E-state index in [0.29, 0.717) is 35.3 Å². The van der Waals surface area contributed by atoms with E-state index in [2.05, 4.69) is 29.8 Å². The van der Waals surface area contributed by atoms with Crippen molar-refractivity contribution in [2.75, 3.05) is 26.7 Å². The van der Waals surface area contributed by atoms with Gasteiger partial charge in [0.15, 0.2) is 0 Å². The van der Waals surface area contributed by atoms with Crippen LogP contribution in [0.2, 0.25) is 0 Å². The van der Waals surface area contributed by atoms with Crippen molar-refractivity contribution < 1.29 is 22.7 Å². The molecule has 1 aliphatic heterocycles. The minimum Gasteiger partial charge on any atom is -0.481 e. The van der Waals surface area contributed by atoms with Gasteiger partial charge in [-0.2, -0.15) is 13.2 Å². The average molecular weight is 493 g/mol. The number of ether oxygens (including phenoxy) is 1. The lowest BCUT2D eigenvalue weighted by Gasteiger charge is -2.34. The highest BCUT2D eigenvalue weighted by atomic mass is 32.1. The molecule has 0 spiro atoms. The number of ketones is 1. The Labute approximate surface area is 202 Å². The molecular formula is C26H31F3N2O2S. The summed E-state index contributed by atoms with van der Waals surface area (Å²) in [6, 6.07) is 5.40. The van der Waals surface area contributed by atoms with E-state index in [0.717, 1.165) is 24.9 Å². The molecule has 4 nitrogen and oxygen atoms in total. The molecule has 2 aliphatic rings. The third-order valence-electron chi connectivity index (χ3n) is 7.20. The summed E-state index contributed by atoms with van der Waals surface area (Å²) in [7, 11) is 1.54. The summed E-state index contributed by atoms with van der Waals surface area (Å²) in [5.74, 6) is -0.0675. The fourth-order valence-electron chi connectivity index (χ4n) is 5.09. The minimum atomic E-state index is -4.07. The standard InChI is InChI=1S/C26H31F3N2O2S/c1-16-12-18(6-9-31-10-7-21(8-11-31)26(27,28)29)17(2)25-20(13-16)14-22(34-25)24(32)19-4-5-23(33-3)30-15-19/h4-5,13-15,17-18,21H,6-12H2,1-3H3. The quantitative estimate of drug-likeness (QED) is 0.428. The summed E-state index contributed by atoms with van der Waals surface area (Å²) in [6.45, 7) is 6.18. The Morgan fingerprint density at radius 3 is 2.62 bits per heavy atom. The molecule has 0 amide bonds. The predicted molar refractivity (Wildman–Crippen MR) is 129 cm³/mol. The predicted octanol–water partition coefficient (Wildman–Crippen LogP) is 6.57. The number of hydrogen-bond donors (Lipinski definition) is 0. The zero-order chi connectivity index (χ0) is 24.5. The highest BCUT2D eigenvalue weighted by molar-refractivity contribution is 7.14. The normalized spacial score (nSPS) is 22.1. The van der Waals surface area contributed by atoms with Gasteiger partial charge in [-0.1, -0.05) is 18.6 Å². The minimum absolute atomic E-state index is 0.0458. The van der Waals surface area contributed by atoms with Crippen LogP contribution in [0.1, 0.15) is 71.1 Å². The van der Waals surface area contributed by atoms with Crippen LogP contribution >= 0.6 is 11.3 Å². The largest absolute Gasteiger partial charge is 0.481 e. The number of carbonyl (C=O) groups is 1. The molecule has 0 aromatic carbocycles. The van der Waals surface area contributed by atoms with Crippen LogP contribution in [0.3, 0.4) is 0 Å². The van der Waals surface area contributed by atoms with E-state index >= 15 is 0 Å². The Balaban J connectivity index is 1.43. The zero-order valence-corrected chi connectivity index (χ0v) is 20.6. The van der Waals surface area contributed by atoms with Crippen molar-refractivity contribution >= 4 is 23.2 Å². The molecule has 3 heterocycles. The summed E-state index contributed by atoms with van der Waals surface area (Å²) >= 11 is 1.55. The van der Waals surface area contributed by atoms with Crippen molar-refractivity contribution in [3.8, 4) is 5.88 Å². The number of fused-ring (bicyclic) bond motifs is 1. The van der Waals surface area contributed by atoms with Crippen molar-refractivity contribution in [3.63, 3.8) is 0 Å². The second kappa shape index (κ2) is 10.2. The van der Waals surface area contributed by atoms with Crippen LogP contribution in [0, 0.1) is 11.8 Å². The van der Waals surface area contributed by atoms with Gasteiger partial charge in [-0.3, -0.25) is 4.79 Å². The maximum atomic E-state index is 13.1. The Morgan fingerprint density at radius 1 is 1.26 bits per heavy atom. The molecule has 2 atom stereocenters. The van der Waals surface area contributed by atoms with E-state index in [1.165, 1.54) is 17.6 Å². The fraction of sp³-hybridized carbons (Fsp3) is 0.538. The van der Waals surface area contributed by atoms with Gasteiger partial charge < -0.3 is 9.64 Å². The Bertz CT molecular complexity index is 1040. The molecule has 0 bridgehead atoms. The summed E-state index contributed by atoms with van der Waals surface area (Å²) in [6.07, 6.45) is 1.95. The second-order valence-corrected chi connectivity index (χ2v) is 10.6. The van der Waals surface area contributed by atoms with Crippen molar-refractivity contribution in [1.29, 1.82) is 0 Å². The van der Waals surface area contributed by atoms with Gasteiger partial charge in [0.05, 0.1) is 17.9 Å². The molecular weight excluding hydrogens is 461 g/mol. The first-order valence-corrected chi connectivity index (χ1v) is 12.6. The summed E-state index contributed by atoms with van der Waals surface area (Å²) in [5, 5.41) is 0. The number of thiophene rings is 1. The molecule has 34 heavy (non-hydrogen) atoms. The maximum Gasteiger partial charge on any atom is 0.391 e. The highest BCUT2D eigenvalue weighted by Crippen LogP contribution is 2.43. The monoisotopic (exact) mass is 492 g/mol. The van der Waals surface area contributed by atoms with Crippen LogP contribution in [-0.4, -0.2) is 48.6 Å². The molecule has 8 heteroatoms. The average Bonchev–Trinajstić information content (AvgIpc) is 3.19. The summed E-state index contributed by atoms with van der Waals surface area (Å²) in [4.78, 5) is 21.3. The number of aromatic nitrogens is 1. The molecule has 1 aliphatic carbocycles. The second-order valence-electron chi connectivity index (χ2n) is 9.54. The summed E-state index contributed by atoms with van der Waals surface area (Å²) < 4.78 is 44.0. The van der Waals surface area contributed by atoms with Crippen molar-refractivity contribution in [3.05, 3.63) is 50.9 Å². The number of allylic oxidation sites excluding steroid dienone is 1. The topological polar surface area (TPSA) is 42.4 Å². The first-order valence-electron chi connectivity index (χ1n) is 11.8. The van der Waals surface area contributed by atoms with Gasteiger partial charge >= 0.3 is 6.18 Å². The molecule has 0 N–H and O–H groups in total. The van der Waals surface area contributed by atoms with Crippen LogP contribution in [0.4, 0.5) is 13.2 Å². The van der Waals surface area contributed by atoms with Crippen molar-refractivity contribution in [1.82, 2.24) is 9.88 Å². The number of pyridine rings is 1. The lowest BCUT2D eigenvalue weighted by atomic mass is 9.85. The summed E-state index contributed by atoms with van der Waals surface area (Å²) in [5.41, 5.74) is 2.91. The number of alkyl halides is 3. The maximum absolute atomic E-state index is 13.1. The highest BCUT2D eigenvalue weighted by Gasteiger charge is 2.41. The van der Waals surface area contributed by atoms with E-state index in [-0.39, 0.29) is 24.5 Å². The number of rotatable bonds is 6. The lowest BCUT2D eigenvalue weighted by Crippen LogP contribution is -2.39. The number of carbonyl (C=O) groups excluding carboxylic acids is 1. The van der Waals surface area contributed by atoms with Crippen LogP contribution in [0.5, 0.6) is 5.88 Å². The molecule has 2 aromatic heterocycles. The Kier molecular flexibility index (Phi) is 7.48. The van der Waals surface area contributed by atoms with Gasteiger partial charge in [0.25, 0.3) is 0 Å². The van der Waals surface area contributed by atoms with E-state index < -0.39 is 12.1 Å². The van der Waals surface area contributed by atoms with E-state index in [1.54, 1.807) is 29.7 Å². The van der Waals surface area contributed by atoms with Crippen LogP contribution in [0.15, 0.2) is 30.0 Å². The molecule has 0 radical (unpaired) electrons. The smallest absolute Gasteiger partial charge is 0.391 e. The Hall–Kier alpha value is -2.19. The SMILES string of the molecule is COc1ccc(C(=O)c2cc3c(s2)C(C)C(CCN2CCC(C(F)(F)F)CC2)CC(C)=C3)cn1. The van der Waals surface area contributed by atoms with Crippen molar-refractivity contribution in [2.45, 2.75) is 51.6 Å². The number of nitrogens with zero attached hydrogens (tertiary/aromatic N) is 2. The molecule has 184 valence electrons. The Morgan fingerprint density at radius 2 is 2.00 bits per heavy atom. The number of halogens is 3. The number of likely N-dealkylation sites (tertiary alicyclic amines) is 1. The number of hydrogen-bond acceptors (Lipinski definition) is 5. The zero-order valence-electron chi connectivity index (χ0n) is 19.8. The molecule has 1 saturated heterocycles. The first-order chi connectivity index (χ1) is 16.2. The molecule has 1 fully saturated rings. The van der Waals surface area contributed by atoms with Gasteiger partial charge in [-0.05, 0) is 81.8 Å². The first kappa shape index (κ1) is 24.9. The van der Waals surface area contributed by atoms with Crippen LogP contribution in [-0.2, 0) is 0 Å². The number of methoxy groups -OCH3 is 1. The van der Waals surface area contributed by atoms with Gasteiger partial charge in [0.2, 0.25) is 11.7 Å². The van der Waals surface area contributed by atoms with Gasteiger partial charge in [0.1, 0.15) is 0 Å². The van der Waals surface area contributed by atoms with Gasteiger partial charge in [-0.25, -0.2) is 4.98 Å². The third kappa shape index (κ3) is 5.54. The molecule has 2 unspecified atom stereocenters. The molecule has 2 aromatic rings. The molecule has 4 rings (SSSR count). The van der Waals surface area contributed by atoms with Crippen LogP contribution in [0.25, 0.3) is 6.08 Å². The van der Waals surface area contributed by atoms with Crippen LogP contribution < -0.4 is 4.74 Å². The fourth-order valence-corrected chi connectivity index (χ4v) is 6.34. The van der Waals surface area contributed by atoms with Crippen molar-refractivity contribution in [2.24, 2.45) is 11.8 Å².